The van der Waals surface area contributed by atoms with Crippen molar-refractivity contribution in [2.75, 3.05) is 11.9 Å². The quantitative estimate of drug-likeness (QED) is 0.893. The Balaban J connectivity index is 2.21. The number of anilines is 1. The molecule has 2 unspecified atom stereocenters. The van der Waals surface area contributed by atoms with Crippen molar-refractivity contribution >= 4 is 28.2 Å². The molecule has 0 aliphatic carbocycles. The number of thiophene rings is 1. The standard InChI is InChI=1S/C13H17NO4S/c1-6-8(3)19-12(10(6)13(16)17)14-11(15)9-4-5-18-7(9)2/h7,9H,4-5H2,1-3H3,(H,14,15)(H,16,17). The van der Waals surface area contributed by atoms with Gasteiger partial charge in [-0.2, -0.15) is 0 Å². The maximum atomic E-state index is 12.1. The lowest BCUT2D eigenvalue weighted by Gasteiger charge is -2.13. The minimum absolute atomic E-state index is 0.115. The number of aromatic carboxylic acids is 1. The minimum atomic E-state index is -1.01. The summed E-state index contributed by atoms with van der Waals surface area (Å²) in [5.41, 5.74) is 0.908. The van der Waals surface area contributed by atoms with Gasteiger partial charge in [0, 0.05) is 11.5 Å². The predicted octanol–water partition coefficient (Wildman–Crippen LogP) is 2.43. The van der Waals surface area contributed by atoms with Gasteiger partial charge in [0.15, 0.2) is 0 Å². The van der Waals surface area contributed by atoms with E-state index in [1.165, 1.54) is 11.3 Å². The number of carboxylic acid groups (broad SMARTS) is 1. The van der Waals surface area contributed by atoms with Crippen LogP contribution in [-0.4, -0.2) is 29.7 Å². The molecule has 0 spiro atoms. The number of carboxylic acids is 1. The second-order valence-corrected chi connectivity index (χ2v) is 5.98. The number of nitrogens with one attached hydrogen (secondary N) is 1. The fourth-order valence-electron chi connectivity index (χ4n) is 2.25. The monoisotopic (exact) mass is 283 g/mol. The van der Waals surface area contributed by atoms with E-state index >= 15 is 0 Å². The van der Waals surface area contributed by atoms with E-state index in [0.29, 0.717) is 23.6 Å². The summed E-state index contributed by atoms with van der Waals surface area (Å²) in [6.07, 6.45) is 0.564. The van der Waals surface area contributed by atoms with E-state index in [1.54, 1.807) is 6.92 Å². The molecule has 6 heteroatoms. The molecule has 1 aliphatic heterocycles. The van der Waals surface area contributed by atoms with Gasteiger partial charge in [-0.05, 0) is 32.8 Å². The average Bonchev–Trinajstić information content (AvgIpc) is 2.84. The predicted molar refractivity (Wildman–Crippen MR) is 72.9 cm³/mol. The van der Waals surface area contributed by atoms with E-state index in [0.717, 1.165) is 4.88 Å². The maximum absolute atomic E-state index is 12.1. The van der Waals surface area contributed by atoms with Crippen LogP contribution in [-0.2, 0) is 9.53 Å². The van der Waals surface area contributed by atoms with Crippen molar-refractivity contribution in [3.05, 3.63) is 16.0 Å². The summed E-state index contributed by atoms with van der Waals surface area (Å²) in [7, 11) is 0. The van der Waals surface area contributed by atoms with Gasteiger partial charge in [-0.3, -0.25) is 4.79 Å². The SMILES string of the molecule is Cc1sc(NC(=O)C2CCOC2C)c(C(=O)O)c1C. The van der Waals surface area contributed by atoms with Crippen molar-refractivity contribution < 1.29 is 19.4 Å². The summed E-state index contributed by atoms with van der Waals surface area (Å²) >= 11 is 1.30. The molecule has 1 fully saturated rings. The lowest BCUT2D eigenvalue weighted by molar-refractivity contribution is -0.121. The summed E-state index contributed by atoms with van der Waals surface area (Å²) in [6, 6.07) is 0. The van der Waals surface area contributed by atoms with Gasteiger partial charge in [0.1, 0.15) is 5.00 Å². The number of carbonyl (C=O) groups excluding carboxylic acids is 1. The number of hydrogen-bond acceptors (Lipinski definition) is 4. The molecule has 1 aliphatic rings. The van der Waals surface area contributed by atoms with Gasteiger partial charge in [-0.15, -0.1) is 11.3 Å². The molecule has 2 N–H and O–H groups in total. The highest BCUT2D eigenvalue weighted by molar-refractivity contribution is 7.16. The van der Waals surface area contributed by atoms with Crippen LogP contribution in [0.1, 0.15) is 34.1 Å². The smallest absolute Gasteiger partial charge is 0.338 e. The van der Waals surface area contributed by atoms with Crippen molar-refractivity contribution in [2.45, 2.75) is 33.3 Å². The fraction of sp³-hybridized carbons (Fsp3) is 0.538. The molecular weight excluding hydrogens is 266 g/mol. The van der Waals surface area contributed by atoms with E-state index in [2.05, 4.69) is 5.32 Å². The highest BCUT2D eigenvalue weighted by Crippen LogP contribution is 2.33. The van der Waals surface area contributed by atoms with Crippen molar-refractivity contribution in [1.82, 2.24) is 0 Å². The molecule has 2 rings (SSSR count). The number of amides is 1. The number of aryl methyl sites for hydroxylation is 1. The molecule has 2 heterocycles. The summed E-state index contributed by atoms with van der Waals surface area (Å²) < 4.78 is 5.36. The molecule has 0 radical (unpaired) electrons. The molecule has 0 bridgehead atoms. The van der Waals surface area contributed by atoms with Crippen LogP contribution in [0, 0.1) is 19.8 Å². The summed E-state index contributed by atoms with van der Waals surface area (Å²) in [6.45, 7) is 6.05. The molecule has 1 aromatic heterocycles. The van der Waals surface area contributed by atoms with Gasteiger partial charge >= 0.3 is 5.97 Å². The van der Waals surface area contributed by atoms with Crippen molar-refractivity contribution in [2.24, 2.45) is 5.92 Å². The van der Waals surface area contributed by atoms with Crippen LogP contribution >= 0.6 is 11.3 Å². The normalized spacial score (nSPS) is 22.5. The van der Waals surface area contributed by atoms with Gasteiger partial charge in [0.05, 0.1) is 17.6 Å². The highest BCUT2D eigenvalue weighted by Gasteiger charge is 2.32. The first-order valence-corrected chi connectivity index (χ1v) is 6.99. The highest BCUT2D eigenvalue weighted by atomic mass is 32.1. The number of hydrogen-bond donors (Lipinski definition) is 2. The lowest BCUT2D eigenvalue weighted by Crippen LogP contribution is -2.28. The molecule has 1 amide bonds. The van der Waals surface area contributed by atoms with Gasteiger partial charge in [0.25, 0.3) is 0 Å². The zero-order valence-corrected chi connectivity index (χ0v) is 12.0. The number of ether oxygens (including phenoxy) is 1. The zero-order valence-electron chi connectivity index (χ0n) is 11.1. The third-order valence-corrected chi connectivity index (χ3v) is 4.67. The first-order valence-electron chi connectivity index (χ1n) is 6.17. The maximum Gasteiger partial charge on any atom is 0.338 e. The second-order valence-electron chi connectivity index (χ2n) is 4.75. The van der Waals surface area contributed by atoms with E-state index < -0.39 is 5.97 Å². The van der Waals surface area contributed by atoms with Crippen LogP contribution < -0.4 is 5.32 Å². The Morgan fingerprint density at radius 1 is 1.42 bits per heavy atom. The van der Waals surface area contributed by atoms with Gasteiger partial charge in [-0.1, -0.05) is 0 Å². The van der Waals surface area contributed by atoms with Crippen molar-refractivity contribution in [3.8, 4) is 0 Å². The topological polar surface area (TPSA) is 75.6 Å². The number of rotatable bonds is 3. The number of carbonyl (C=O) groups is 2. The third-order valence-electron chi connectivity index (χ3n) is 3.55. The molecule has 0 aromatic carbocycles. The largest absolute Gasteiger partial charge is 0.478 e. The molecular formula is C13H17NO4S. The van der Waals surface area contributed by atoms with E-state index in [9.17, 15) is 14.7 Å². The Morgan fingerprint density at radius 3 is 2.63 bits per heavy atom. The average molecular weight is 283 g/mol. The van der Waals surface area contributed by atoms with Crippen LogP contribution in [0.5, 0.6) is 0 Å². The van der Waals surface area contributed by atoms with E-state index in [1.807, 2.05) is 13.8 Å². The van der Waals surface area contributed by atoms with Gasteiger partial charge in [-0.25, -0.2) is 4.79 Å². The zero-order chi connectivity index (χ0) is 14.2. The molecule has 104 valence electrons. The van der Waals surface area contributed by atoms with Crippen LogP contribution in [0.4, 0.5) is 5.00 Å². The van der Waals surface area contributed by atoms with Gasteiger partial charge < -0.3 is 15.2 Å². The molecule has 1 saturated heterocycles. The van der Waals surface area contributed by atoms with Crippen LogP contribution in [0.25, 0.3) is 0 Å². The summed E-state index contributed by atoms with van der Waals surface area (Å²) in [5, 5.41) is 12.4. The Labute approximate surface area is 115 Å². The van der Waals surface area contributed by atoms with Gasteiger partial charge in [0.2, 0.25) is 5.91 Å². The Morgan fingerprint density at radius 2 is 2.11 bits per heavy atom. The summed E-state index contributed by atoms with van der Waals surface area (Å²) in [5.74, 6) is -1.37. The Bertz CT molecular complexity index is 523. The summed E-state index contributed by atoms with van der Waals surface area (Å²) in [4.78, 5) is 24.3. The third kappa shape index (κ3) is 2.64. The van der Waals surface area contributed by atoms with E-state index in [4.69, 9.17) is 4.74 Å². The molecule has 0 saturated carbocycles. The second kappa shape index (κ2) is 5.30. The lowest BCUT2D eigenvalue weighted by atomic mass is 10.0. The van der Waals surface area contributed by atoms with E-state index in [-0.39, 0.29) is 23.5 Å². The van der Waals surface area contributed by atoms with Crippen molar-refractivity contribution in [1.29, 1.82) is 0 Å². The molecule has 5 nitrogen and oxygen atoms in total. The first kappa shape index (κ1) is 14.0. The Hall–Kier alpha value is -1.40. The van der Waals surface area contributed by atoms with Crippen LogP contribution in [0.3, 0.4) is 0 Å². The fourth-order valence-corrected chi connectivity index (χ4v) is 3.31. The molecule has 2 atom stereocenters. The van der Waals surface area contributed by atoms with Crippen LogP contribution in [0.2, 0.25) is 0 Å². The van der Waals surface area contributed by atoms with Crippen LogP contribution in [0.15, 0.2) is 0 Å². The van der Waals surface area contributed by atoms with Crippen molar-refractivity contribution in [3.63, 3.8) is 0 Å². The Kier molecular flexibility index (Phi) is 3.91. The molecule has 19 heavy (non-hydrogen) atoms. The first-order chi connectivity index (χ1) is 8.91. The molecule has 1 aromatic rings. The minimum Gasteiger partial charge on any atom is -0.478 e.